The molecule has 1 saturated heterocycles. The lowest BCUT2D eigenvalue weighted by Crippen LogP contribution is -2.54. The number of hydrogen-bond acceptors (Lipinski definition) is 4. The first kappa shape index (κ1) is 20.1. The van der Waals surface area contributed by atoms with Gasteiger partial charge >= 0.3 is 6.18 Å². The summed E-state index contributed by atoms with van der Waals surface area (Å²) in [5.41, 5.74) is -0.100. The smallest absolute Gasteiger partial charge is 0.433 e. The van der Waals surface area contributed by atoms with Gasteiger partial charge in [0.15, 0.2) is 11.6 Å². The maximum atomic E-state index is 13.9. The molecular formula is C20H20F4N2O2. The number of halogens is 4. The van der Waals surface area contributed by atoms with E-state index in [2.05, 4.69) is 4.98 Å². The maximum absolute atomic E-state index is 13.9. The Bertz CT molecular complexity index is 846. The van der Waals surface area contributed by atoms with Crippen LogP contribution >= 0.6 is 0 Å². The molecule has 150 valence electrons. The molecule has 1 fully saturated rings. The lowest BCUT2D eigenvalue weighted by atomic mass is 9.96. The predicted molar refractivity (Wildman–Crippen MR) is 96.0 cm³/mol. The Morgan fingerprint density at radius 2 is 1.86 bits per heavy atom. The summed E-state index contributed by atoms with van der Waals surface area (Å²) >= 11 is 0. The van der Waals surface area contributed by atoms with E-state index < -0.39 is 17.7 Å². The lowest BCUT2D eigenvalue weighted by Gasteiger charge is -2.40. The van der Waals surface area contributed by atoms with E-state index in [9.17, 15) is 22.4 Å². The second-order valence-corrected chi connectivity index (χ2v) is 7.02. The minimum Gasteiger partial charge on any atom is -0.487 e. The Labute approximate surface area is 160 Å². The van der Waals surface area contributed by atoms with Gasteiger partial charge in [-0.2, -0.15) is 13.2 Å². The van der Waals surface area contributed by atoms with Crippen LogP contribution in [0.25, 0.3) is 0 Å². The van der Waals surface area contributed by atoms with Gasteiger partial charge in [-0.25, -0.2) is 9.37 Å². The molecule has 28 heavy (non-hydrogen) atoms. The summed E-state index contributed by atoms with van der Waals surface area (Å²) in [4.78, 5) is 16.0. The van der Waals surface area contributed by atoms with E-state index >= 15 is 0 Å². The number of anilines is 1. The summed E-state index contributed by atoms with van der Waals surface area (Å²) in [6, 6.07) is 8.75. The van der Waals surface area contributed by atoms with Crippen molar-refractivity contribution in [3.63, 3.8) is 0 Å². The number of carbonyl (C=O) groups is 1. The number of ketones is 1. The van der Waals surface area contributed by atoms with Gasteiger partial charge in [0.1, 0.15) is 23.3 Å². The van der Waals surface area contributed by atoms with E-state index in [0.717, 1.165) is 11.6 Å². The second-order valence-electron chi connectivity index (χ2n) is 7.02. The molecule has 1 aliphatic heterocycles. The van der Waals surface area contributed by atoms with Crippen molar-refractivity contribution < 1.29 is 27.1 Å². The molecule has 0 unspecified atom stereocenters. The molecule has 1 atom stereocenters. The van der Waals surface area contributed by atoms with Crippen molar-refractivity contribution >= 4 is 11.6 Å². The summed E-state index contributed by atoms with van der Waals surface area (Å²) in [6.07, 6.45) is -4.42. The quantitative estimate of drug-likeness (QED) is 0.670. The summed E-state index contributed by atoms with van der Waals surface area (Å²) in [6.45, 7) is 4.01. The molecule has 2 aromatic rings. The Morgan fingerprint density at radius 3 is 2.43 bits per heavy atom. The topological polar surface area (TPSA) is 42.4 Å². The largest absolute Gasteiger partial charge is 0.487 e. The molecule has 8 heteroatoms. The fraction of sp³-hybridized carbons (Fsp3) is 0.400. The van der Waals surface area contributed by atoms with E-state index in [1.165, 1.54) is 4.90 Å². The SMILES string of the molecule is CC(=O)C[C@@H](C)c1ccc(OC2CN(c3nc(C(F)(F)F)ccc3F)C2)cc1. The van der Waals surface area contributed by atoms with E-state index in [-0.39, 0.29) is 36.7 Å². The number of pyridine rings is 1. The maximum Gasteiger partial charge on any atom is 0.433 e. The Morgan fingerprint density at radius 1 is 1.21 bits per heavy atom. The highest BCUT2D eigenvalue weighted by molar-refractivity contribution is 5.76. The van der Waals surface area contributed by atoms with Crippen LogP contribution in [0.15, 0.2) is 36.4 Å². The first-order chi connectivity index (χ1) is 13.1. The number of rotatable bonds is 6. The molecule has 4 nitrogen and oxygen atoms in total. The van der Waals surface area contributed by atoms with Crippen LogP contribution in [0.3, 0.4) is 0 Å². The van der Waals surface area contributed by atoms with E-state index in [1.807, 2.05) is 19.1 Å². The van der Waals surface area contributed by atoms with Gasteiger partial charge in [0.25, 0.3) is 0 Å². The Kier molecular flexibility index (Phi) is 5.58. The van der Waals surface area contributed by atoms with Crippen LogP contribution in [0, 0.1) is 5.82 Å². The number of aromatic nitrogens is 1. The number of alkyl halides is 3. The average molecular weight is 396 g/mol. The van der Waals surface area contributed by atoms with Crippen molar-refractivity contribution in [2.45, 2.75) is 38.5 Å². The van der Waals surface area contributed by atoms with Crippen molar-refractivity contribution in [3.8, 4) is 5.75 Å². The van der Waals surface area contributed by atoms with Gasteiger partial charge in [-0.05, 0) is 42.7 Å². The summed E-state index contributed by atoms with van der Waals surface area (Å²) < 4.78 is 57.9. The van der Waals surface area contributed by atoms with Crippen molar-refractivity contribution in [1.29, 1.82) is 0 Å². The normalized spacial score (nSPS) is 15.9. The fourth-order valence-corrected chi connectivity index (χ4v) is 3.11. The third kappa shape index (κ3) is 4.61. The first-order valence-corrected chi connectivity index (χ1v) is 8.88. The third-order valence-corrected chi connectivity index (χ3v) is 4.61. The van der Waals surface area contributed by atoms with Gasteiger partial charge in [0.05, 0.1) is 13.1 Å². The summed E-state index contributed by atoms with van der Waals surface area (Å²) in [5.74, 6) is -0.266. The van der Waals surface area contributed by atoms with Gasteiger partial charge in [-0.1, -0.05) is 19.1 Å². The van der Waals surface area contributed by atoms with Crippen molar-refractivity contribution in [2.24, 2.45) is 0 Å². The molecule has 0 radical (unpaired) electrons. The minimum atomic E-state index is -4.62. The molecule has 0 spiro atoms. The molecule has 1 aromatic heterocycles. The van der Waals surface area contributed by atoms with Gasteiger partial charge in [-0.15, -0.1) is 0 Å². The standard InChI is InChI=1S/C20H20F4N2O2/c1-12(9-13(2)27)14-3-5-15(6-4-14)28-16-10-26(11-16)19-17(21)7-8-18(25-19)20(22,23)24/h3-8,12,16H,9-11H2,1-2H3/t12-/m1/s1. The van der Waals surface area contributed by atoms with Crippen LogP contribution in [-0.2, 0) is 11.0 Å². The first-order valence-electron chi connectivity index (χ1n) is 8.88. The summed E-state index contributed by atoms with van der Waals surface area (Å²) in [5, 5.41) is 0. The third-order valence-electron chi connectivity index (χ3n) is 4.61. The molecule has 0 N–H and O–H groups in total. The minimum absolute atomic E-state index is 0.112. The summed E-state index contributed by atoms with van der Waals surface area (Å²) in [7, 11) is 0. The number of benzene rings is 1. The van der Waals surface area contributed by atoms with Gasteiger partial charge < -0.3 is 14.4 Å². The van der Waals surface area contributed by atoms with Crippen molar-refractivity contribution in [1.82, 2.24) is 4.98 Å². The van der Waals surface area contributed by atoms with E-state index in [1.54, 1.807) is 19.1 Å². The highest BCUT2D eigenvalue weighted by atomic mass is 19.4. The number of hydrogen-bond donors (Lipinski definition) is 0. The fourth-order valence-electron chi connectivity index (χ4n) is 3.11. The predicted octanol–water partition coefficient (Wildman–Crippen LogP) is 4.59. The molecule has 0 amide bonds. The number of nitrogens with zero attached hydrogens (tertiary/aromatic N) is 2. The van der Waals surface area contributed by atoms with Crippen molar-refractivity contribution in [2.75, 3.05) is 18.0 Å². The van der Waals surface area contributed by atoms with Crippen LogP contribution in [0.2, 0.25) is 0 Å². The zero-order valence-electron chi connectivity index (χ0n) is 15.5. The molecule has 1 aliphatic rings. The van der Waals surface area contributed by atoms with Crippen molar-refractivity contribution in [3.05, 3.63) is 53.5 Å². The van der Waals surface area contributed by atoms with Crippen LogP contribution < -0.4 is 9.64 Å². The zero-order chi connectivity index (χ0) is 20.5. The molecule has 0 saturated carbocycles. The molecule has 1 aromatic carbocycles. The highest BCUT2D eigenvalue weighted by Gasteiger charge is 2.36. The lowest BCUT2D eigenvalue weighted by molar-refractivity contribution is -0.141. The van der Waals surface area contributed by atoms with E-state index in [4.69, 9.17) is 4.74 Å². The number of ether oxygens (including phenoxy) is 1. The Balaban J connectivity index is 1.58. The van der Waals surface area contributed by atoms with Gasteiger partial charge in [-0.3, -0.25) is 0 Å². The zero-order valence-corrected chi connectivity index (χ0v) is 15.5. The van der Waals surface area contributed by atoms with Gasteiger partial charge in [0.2, 0.25) is 0 Å². The van der Waals surface area contributed by atoms with Gasteiger partial charge in [0, 0.05) is 6.42 Å². The molecule has 3 rings (SSSR count). The average Bonchev–Trinajstić information content (AvgIpc) is 2.57. The van der Waals surface area contributed by atoms with Crippen LogP contribution in [0.1, 0.15) is 37.4 Å². The van der Waals surface area contributed by atoms with Crippen LogP contribution in [-0.4, -0.2) is 30.0 Å². The Hall–Kier alpha value is -2.64. The number of Topliss-reactive ketones (excluding diaryl/α,β-unsaturated/α-hetero) is 1. The second kappa shape index (κ2) is 7.77. The highest BCUT2D eigenvalue weighted by Crippen LogP contribution is 2.32. The number of carbonyl (C=O) groups excluding carboxylic acids is 1. The van der Waals surface area contributed by atoms with Crippen LogP contribution in [0.5, 0.6) is 5.75 Å². The molecule has 0 bridgehead atoms. The monoisotopic (exact) mass is 396 g/mol. The van der Waals surface area contributed by atoms with Crippen LogP contribution in [0.4, 0.5) is 23.4 Å². The molecule has 2 heterocycles. The van der Waals surface area contributed by atoms with E-state index in [0.29, 0.717) is 18.2 Å². The molecule has 0 aliphatic carbocycles. The molecular weight excluding hydrogens is 376 g/mol.